The first-order chi connectivity index (χ1) is 19.9. The molecule has 0 bridgehead atoms. The van der Waals surface area contributed by atoms with E-state index in [1.807, 2.05) is 0 Å². The maximum Gasteiger partial charge on any atom is 0.421 e. The summed E-state index contributed by atoms with van der Waals surface area (Å²) in [6.07, 6.45) is 1.73. The van der Waals surface area contributed by atoms with Crippen LogP contribution < -0.4 is 9.64 Å². The molecule has 1 saturated carbocycles. The maximum atomic E-state index is 15.5. The molecule has 1 aromatic carbocycles. The molecule has 226 valence electrons. The van der Waals surface area contributed by atoms with Crippen molar-refractivity contribution in [2.45, 2.75) is 58.3 Å². The Balaban J connectivity index is 1.72. The van der Waals surface area contributed by atoms with E-state index in [4.69, 9.17) is 9.47 Å². The van der Waals surface area contributed by atoms with Crippen molar-refractivity contribution in [2.24, 2.45) is 11.8 Å². The zero-order valence-electron chi connectivity index (χ0n) is 23.3. The summed E-state index contributed by atoms with van der Waals surface area (Å²) >= 11 is 0. The maximum absolute atomic E-state index is 15.5. The van der Waals surface area contributed by atoms with Crippen LogP contribution in [0.1, 0.15) is 61.0 Å². The molecule has 0 radical (unpaired) electrons. The third-order valence-corrected chi connectivity index (χ3v) is 7.20. The van der Waals surface area contributed by atoms with E-state index in [2.05, 4.69) is 22.1 Å². The van der Waals surface area contributed by atoms with Crippen molar-refractivity contribution in [3.05, 3.63) is 59.3 Å². The Hall–Kier alpha value is -4.07. The first-order valence-corrected chi connectivity index (χ1v) is 13.4. The Kier molecular flexibility index (Phi) is 9.44. The van der Waals surface area contributed by atoms with Crippen LogP contribution in [0.5, 0.6) is 11.6 Å². The van der Waals surface area contributed by atoms with Crippen LogP contribution in [0.25, 0.3) is 0 Å². The summed E-state index contributed by atoms with van der Waals surface area (Å²) in [6.45, 7) is 3.65. The Morgan fingerprint density at radius 2 is 1.81 bits per heavy atom. The fraction of sp³-hybridized carbons (Fsp3) is 0.464. The number of ether oxygens (including phenoxy) is 2. The van der Waals surface area contributed by atoms with Crippen LogP contribution >= 0.6 is 0 Å². The molecule has 1 aliphatic rings. The monoisotopic (exact) mass is 593 g/mol. The molecule has 0 unspecified atom stereocenters. The van der Waals surface area contributed by atoms with Crippen LogP contribution in [-0.4, -0.2) is 56.7 Å². The molecule has 42 heavy (non-hydrogen) atoms. The first-order valence-electron chi connectivity index (χ1n) is 13.4. The number of aromatic nitrogens is 4. The van der Waals surface area contributed by atoms with Gasteiger partial charge in [-0.15, -0.1) is 0 Å². The number of halogens is 4. The molecule has 3 aromatic rings. The zero-order chi connectivity index (χ0) is 30.6. The van der Waals surface area contributed by atoms with Gasteiger partial charge in [0.1, 0.15) is 5.56 Å². The number of amides is 1. The second-order valence-corrected chi connectivity index (χ2v) is 10.4. The molecular weight excluding hydrogens is 562 g/mol. The van der Waals surface area contributed by atoms with E-state index >= 15 is 4.39 Å². The van der Waals surface area contributed by atoms with Crippen LogP contribution in [0.2, 0.25) is 0 Å². The van der Waals surface area contributed by atoms with Gasteiger partial charge in [-0.2, -0.15) is 28.2 Å². The lowest BCUT2D eigenvalue weighted by Crippen LogP contribution is -2.46. The lowest BCUT2D eigenvalue weighted by Gasteiger charge is -2.35. The van der Waals surface area contributed by atoms with Gasteiger partial charge < -0.3 is 19.5 Å². The van der Waals surface area contributed by atoms with Gasteiger partial charge in [-0.3, -0.25) is 4.79 Å². The van der Waals surface area contributed by atoms with E-state index in [1.54, 1.807) is 6.92 Å². The van der Waals surface area contributed by atoms with E-state index < -0.39 is 52.7 Å². The smallest absolute Gasteiger partial charge is 0.421 e. The highest BCUT2D eigenvalue weighted by molar-refractivity contribution is 6.03. The molecule has 1 N–H and O–H groups in total. The van der Waals surface area contributed by atoms with Crippen LogP contribution in [0, 0.1) is 17.7 Å². The number of anilines is 1. The van der Waals surface area contributed by atoms with Gasteiger partial charge in [0, 0.05) is 31.4 Å². The molecule has 0 aliphatic heterocycles. The number of nitrogens with zero attached hydrogens (tertiary/aromatic N) is 5. The summed E-state index contributed by atoms with van der Waals surface area (Å²) in [5.41, 5.74) is -1.97. The SMILES string of the molecule is COC[C@H](C)N(c1cc(F)c(Oc2ncc(Cn3nccn3)cc2C(F)(F)F)cc1C(=O)O)C(=O)[C@H]1CC[C@H](C)CC1. The summed E-state index contributed by atoms with van der Waals surface area (Å²) in [6, 6.07) is 1.66. The van der Waals surface area contributed by atoms with E-state index in [-0.39, 0.29) is 30.3 Å². The average molecular weight is 594 g/mol. The third kappa shape index (κ3) is 7.04. The largest absolute Gasteiger partial charge is 0.478 e. The van der Waals surface area contributed by atoms with E-state index in [0.717, 1.165) is 42.0 Å². The highest BCUT2D eigenvalue weighted by atomic mass is 19.4. The van der Waals surface area contributed by atoms with Crippen molar-refractivity contribution < 1.29 is 41.7 Å². The predicted molar refractivity (Wildman–Crippen MR) is 142 cm³/mol. The number of carboxylic acid groups (broad SMARTS) is 1. The third-order valence-electron chi connectivity index (χ3n) is 7.20. The van der Waals surface area contributed by atoms with Gasteiger partial charge in [0.2, 0.25) is 11.8 Å². The number of methoxy groups -OCH3 is 1. The zero-order valence-corrected chi connectivity index (χ0v) is 23.3. The molecule has 14 heteroatoms. The molecular formula is C28H31F4N5O5. The molecule has 4 rings (SSSR count). The number of alkyl halides is 3. The van der Waals surface area contributed by atoms with Gasteiger partial charge >= 0.3 is 12.1 Å². The van der Waals surface area contributed by atoms with Gasteiger partial charge in [0.05, 0.1) is 42.8 Å². The van der Waals surface area contributed by atoms with Crippen LogP contribution in [-0.2, 0) is 22.3 Å². The number of aromatic carboxylic acids is 1. The van der Waals surface area contributed by atoms with Gasteiger partial charge in [-0.25, -0.2) is 14.2 Å². The minimum absolute atomic E-state index is 0.0348. The predicted octanol–water partition coefficient (Wildman–Crippen LogP) is 5.56. The Bertz CT molecular complexity index is 1410. The molecule has 1 amide bonds. The number of pyridine rings is 1. The van der Waals surface area contributed by atoms with Crippen LogP contribution in [0.4, 0.5) is 23.2 Å². The van der Waals surface area contributed by atoms with E-state index in [1.165, 1.54) is 24.4 Å². The normalized spacial score (nSPS) is 18.0. The molecule has 2 heterocycles. The average Bonchev–Trinajstić information content (AvgIpc) is 3.44. The summed E-state index contributed by atoms with van der Waals surface area (Å²) in [7, 11) is 1.42. The molecule has 2 aromatic heterocycles. The second kappa shape index (κ2) is 12.8. The summed E-state index contributed by atoms with van der Waals surface area (Å²) in [4.78, 5) is 32.1. The molecule has 1 atom stereocenters. The second-order valence-electron chi connectivity index (χ2n) is 10.4. The minimum atomic E-state index is -4.93. The van der Waals surface area contributed by atoms with Gasteiger partial charge in [0.15, 0.2) is 11.6 Å². The number of carboxylic acids is 1. The van der Waals surface area contributed by atoms with Crippen LogP contribution in [0.3, 0.4) is 0 Å². The van der Waals surface area contributed by atoms with Crippen molar-refractivity contribution in [1.82, 2.24) is 20.0 Å². The summed E-state index contributed by atoms with van der Waals surface area (Å²) < 4.78 is 67.7. The topological polar surface area (TPSA) is 120 Å². The van der Waals surface area contributed by atoms with Gasteiger partial charge in [0.25, 0.3) is 0 Å². The fourth-order valence-electron chi connectivity index (χ4n) is 5.04. The lowest BCUT2D eigenvalue weighted by molar-refractivity contribution is -0.139. The number of hydrogen-bond acceptors (Lipinski definition) is 7. The number of rotatable bonds is 10. The molecule has 1 aliphatic carbocycles. The fourth-order valence-corrected chi connectivity index (χ4v) is 5.04. The number of hydrogen-bond donors (Lipinski definition) is 1. The van der Waals surface area contributed by atoms with E-state index in [9.17, 15) is 27.9 Å². The lowest BCUT2D eigenvalue weighted by atomic mass is 9.82. The van der Waals surface area contributed by atoms with Crippen molar-refractivity contribution in [2.75, 3.05) is 18.6 Å². The molecule has 0 spiro atoms. The quantitative estimate of drug-likeness (QED) is 0.303. The molecule has 1 fully saturated rings. The molecule has 10 nitrogen and oxygen atoms in total. The highest BCUT2D eigenvalue weighted by Crippen LogP contribution is 2.40. The van der Waals surface area contributed by atoms with Crippen molar-refractivity contribution in [3.63, 3.8) is 0 Å². The Labute approximate surface area is 239 Å². The van der Waals surface area contributed by atoms with Crippen molar-refractivity contribution in [3.8, 4) is 11.6 Å². The Morgan fingerprint density at radius 3 is 2.40 bits per heavy atom. The van der Waals surface area contributed by atoms with Crippen LogP contribution in [0.15, 0.2) is 36.8 Å². The summed E-state index contributed by atoms with van der Waals surface area (Å²) in [5.74, 6) is -4.78. The number of benzene rings is 1. The number of carbonyl (C=O) groups is 2. The van der Waals surface area contributed by atoms with Gasteiger partial charge in [-0.1, -0.05) is 6.92 Å². The van der Waals surface area contributed by atoms with Gasteiger partial charge in [-0.05, 0) is 50.2 Å². The standard InChI is InChI=1S/C28H31F4N5O5/c1-16-4-6-19(7-5-16)26(38)37(17(2)15-41-3)23-12-22(29)24(11-20(23)27(39)40)42-25-21(28(30,31)32)10-18(13-33-25)14-36-34-8-9-35-36/h8-13,16-17,19H,4-7,14-15H2,1-3H3,(H,39,40)/t16-,17-,19-/m0/s1. The highest BCUT2D eigenvalue weighted by Gasteiger charge is 2.37. The van der Waals surface area contributed by atoms with Crippen molar-refractivity contribution in [1.29, 1.82) is 0 Å². The van der Waals surface area contributed by atoms with E-state index in [0.29, 0.717) is 18.8 Å². The minimum Gasteiger partial charge on any atom is -0.478 e. The molecule has 0 saturated heterocycles. The number of carbonyl (C=O) groups excluding carboxylic acids is 1. The Morgan fingerprint density at radius 1 is 1.14 bits per heavy atom. The first kappa shape index (κ1) is 30.9. The van der Waals surface area contributed by atoms with Crippen molar-refractivity contribution >= 4 is 17.6 Å². The summed E-state index contributed by atoms with van der Waals surface area (Å²) in [5, 5.41) is 17.7.